The zero-order valence-electron chi connectivity index (χ0n) is 12.6. The molecule has 0 bridgehead atoms. The summed E-state index contributed by atoms with van der Waals surface area (Å²) in [6, 6.07) is 11.4. The average molecular weight is 336 g/mol. The number of nitrogens with one attached hydrogen (secondary N) is 1. The molecule has 8 heteroatoms. The summed E-state index contributed by atoms with van der Waals surface area (Å²) in [6.45, 7) is 1.67. The number of rotatable bonds is 6. The Kier molecular flexibility index (Phi) is 4.97. The zero-order chi connectivity index (χ0) is 17.0. The highest BCUT2D eigenvalue weighted by Crippen LogP contribution is 2.26. The highest BCUT2D eigenvalue weighted by atomic mass is 32.2. The third-order valence-electron chi connectivity index (χ3n) is 3.28. The van der Waals surface area contributed by atoms with Crippen LogP contribution in [0.1, 0.15) is 18.5 Å². The van der Waals surface area contributed by atoms with E-state index in [-0.39, 0.29) is 10.6 Å². The van der Waals surface area contributed by atoms with Crippen molar-refractivity contribution in [3.63, 3.8) is 0 Å². The van der Waals surface area contributed by atoms with Crippen molar-refractivity contribution < 1.29 is 18.1 Å². The van der Waals surface area contributed by atoms with Gasteiger partial charge in [-0.2, -0.15) is 0 Å². The maximum Gasteiger partial charge on any atom is 0.270 e. The molecule has 0 aliphatic rings. The van der Waals surface area contributed by atoms with Gasteiger partial charge in [-0.25, -0.2) is 13.1 Å². The van der Waals surface area contributed by atoms with Gasteiger partial charge in [-0.15, -0.1) is 0 Å². The van der Waals surface area contributed by atoms with Crippen LogP contribution in [0.4, 0.5) is 5.69 Å². The van der Waals surface area contributed by atoms with E-state index in [2.05, 4.69) is 4.72 Å². The summed E-state index contributed by atoms with van der Waals surface area (Å²) >= 11 is 0. The van der Waals surface area contributed by atoms with Crippen LogP contribution in [0, 0.1) is 10.1 Å². The molecular weight excluding hydrogens is 320 g/mol. The second-order valence-corrected chi connectivity index (χ2v) is 6.55. The predicted molar refractivity (Wildman–Crippen MR) is 84.8 cm³/mol. The van der Waals surface area contributed by atoms with Gasteiger partial charge in [0.2, 0.25) is 10.0 Å². The van der Waals surface area contributed by atoms with E-state index in [1.807, 2.05) is 0 Å². The van der Waals surface area contributed by atoms with Gasteiger partial charge in [-0.3, -0.25) is 10.1 Å². The number of para-hydroxylation sites is 1. The fraction of sp³-hybridized carbons (Fsp3) is 0.200. The minimum atomic E-state index is -3.90. The first-order valence-electron chi connectivity index (χ1n) is 6.75. The van der Waals surface area contributed by atoms with Crippen molar-refractivity contribution in [2.45, 2.75) is 17.9 Å². The topological polar surface area (TPSA) is 98.5 Å². The lowest BCUT2D eigenvalue weighted by Gasteiger charge is -2.17. The van der Waals surface area contributed by atoms with Crippen LogP contribution >= 0.6 is 0 Å². The lowest BCUT2D eigenvalue weighted by Crippen LogP contribution is -2.27. The minimum absolute atomic E-state index is 0.159. The molecule has 0 amide bonds. The van der Waals surface area contributed by atoms with Crippen LogP contribution in [0.3, 0.4) is 0 Å². The van der Waals surface area contributed by atoms with Crippen molar-refractivity contribution in [1.82, 2.24) is 4.72 Å². The maximum atomic E-state index is 12.4. The Hall–Kier alpha value is -2.45. The molecule has 2 rings (SSSR count). The number of methoxy groups -OCH3 is 1. The third kappa shape index (κ3) is 3.85. The van der Waals surface area contributed by atoms with E-state index in [0.29, 0.717) is 11.3 Å². The van der Waals surface area contributed by atoms with Gasteiger partial charge in [0.05, 0.1) is 16.9 Å². The number of hydrogen-bond donors (Lipinski definition) is 1. The SMILES string of the molecule is COc1ccccc1C(C)NS(=O)(=O)c1cccc([N+](=O)[O-])c1. The highest BCUT2D eigenvalue weighted by Gasteiger charge is 2.22. The summed E-state index contributed by atoms with van der Waals surface area (Å²) < 4.78 is 32.5. The van der Waals surface area contributed by atoms with Crippen molar-refractivity contribution in [2.24, 2.45) is 0 Å². The predicted octanol–water partition coefficient (Wildman–Crippen LogP) is 2.64. The molecule has 2 aromatic carbocycles. The number of benzene rings is 2. The molecule has 1 unspecified atom stereocenters. The summed E-state index contributed by atoms with van der Waals surface area (Å²) in [7, 11) is -2.40. The fourth-order valence-electron chi connectivity index (χ4n) is 2.15. The number of nitro benzene ring substituents is 1. The second kappa shape index (κ2) is 6.76. The molecule has 0 fully saturated rings. The van der Waals surface area contributed by atoms with E-state index in [1.54, 1.807) is 31.2 Å². The molecule has 0 saturated heterocycles. The second-order valence-electron chi connectivity index (χ2n) is 4.84. The van der Waals surface area contributed by atoms with Crippen LogP contribution in [-0.2, 0) is 10.0 Å². The smallest absolute Gasteiger partial charge is 0.270 e. The standard InChI is InChI=1S/C15H16N2O5S/c1-11(14-8-3-4-9-15(14)22-2)16-23(20,21)13-7-5-6-12(10-13)17(18)19/h3-11,16H,1-2H3. The molecule has 0 aliphatic carbocycles. The number of nitro groups is 1. The Morgan fingerprint density at radius 3 is 2.52 bits per heavy atom. The van der Waals surface area contributed by atoms with E-state index < -0.39 is 21.0 Å². The Morgan fingerprint density at radius 2 is 1.87 bits per heavy atom. The minimum Gasteiger partial charge on any atom is -0.496 e. The molecule has 1 atom stereocenters. The van der Waals surface area contributed by atoms with Crippen LogP contribution in [0.5, 0.6) is 5.75 Å². The summed E-state index contributed by atoms with van der Waals surface area (Å²) in [4.78, 5) is 9.99. The Bertz CT molecular complexity index is 820. The van der Waals surface area contributed by atoms with Crippen molar-refractivity contribution in [3.05, 3.63) is 64.2 Å². The van der Waals surface area contributed by atoms with Crippen molar-refractivity contribution in [2.75, 3.05) is 7.11 Å². The Labute approximate surface area is 134 Å². The number of ether oxygens (including phenoxy) is 1. The fourth-order valence-corrected chi connectivity index (χ4v) is 3.41. The van der Waals surface area contributed by atoms with E-state index >= 15 is 0 Å². The molecule has 0 spiro atoms. The summed E-state index contributed by atoms with van der Waals surface area (Å²) in [5.41, 5.74) is 0.391. The summed E-state index contributed by atoms with van der Waals surface area (Å²) in [6.07, 6.45) is 0. The Morgan fingerprint density at radius 1 is 1.17 bits per heavy atom. The highest BCUT2D eigenvalue weighted by molar-refractivity contribution is 7.89. The first kappa shape index (κ1) is 16.9. The molecule has 122 valence electrons. The number of hydrogen-bond acceptors (Lipinski definition) is 5. The van der Waals surface area contributed by atoms with Crippen molar-refractivity contribution >= 4 is 15.7 Å². The van der Waals surface area contributed by atoms with E-state index in [4.69, 9.17) is 4.74 Å². The first-order chi connectivity index (χ1) is 10.8. The average Bonchev–Trinajstić information content (AvgIpc) is 2.54. The van der Waals surface area contributed by atoms with Crippen LogP contribution in [0.25, 0.3) is 0 Å². The molecule has 0 aliphatic heterocycles. The molecule has 0 saturated carbocycles. The van der Waals surface area contributed by atoms with E-state index in [0.717, 1.165) is 6.07 Å². The van der Waals surface area contributed by atoms with Gasteiger partial charge >= 0.3 is 0 Å². The number of sulfonamides is 1. The van der Waals surface area contributed by atoms with Crippen LogP contribution in [0.15, 0.2) is 53.4 Å². The van der Waals surface area contributed by atoms with Crippen LogP contribution < -0.4 is 9.46 Å². The molecular formula is C15H16N2O5S. The maximum absolute atomic E-state index is 12.4. The van der Waals surface area contributed by atoms with Crippen LogP contribution in [-0.4, -0.2) is 20.5 Å². The van der Waals surface area contributed by atoms with Gasteiger partial charge in [0, 0.05) is 23.7 Å². The molecule has 23 heavy (non-hydrogen) atoms. The Balaban J connectivity index is 2.31. The third-order valence-corrected chi connectivity index (χ3v) is 4.81. The molecule has 7 nitrogen and oxygen atoms in total. The molecule has 0 aromatic heterocycles. The van der Waals surface area contributed by atoms with Gasteiger partial charge < -0.3 is 4.74 Å². The van der Waals surface area contributed by atoms with Crippen LogP contribution in [0.2, 0.25) is 0 Å². The molecule has 1 N–H and O–H groups in total. The van der Waals surface area contributed by atoms with Gasteiger partial charge in [-0.05, 0) is 19.1 Å². The largest absolute Gasteiger partial charge is 0.496 e. The number of non-ortho nitro benzene ring substituents is 1. The van der Waals surface area contributed by atoms with E-state index in [1.165, 1.54) is 25.3 Å². The van der Waals surface area contributed by atoms with Gasteiger partial charge in [0.25, 0.3) is 5.69 Å². The summed E-state index contributed by atoms with van der Waals surface area (Å²) in [5.74, 6) is 0.557. The number of nitrogens with zero attached hydrogens (tertiary/aromatic N) is 1. The summed E-state index contributed by atoms with van der Waals surface area (Å²) in [5, 5.41) is 10.8. The van der Waals surface area contributed by atoms with Gasteiger partial charge in [-0.1, -0.05) is 24.3 Å². The lowest BCUT2D eigenvalue weighted by molar-refractivity contribution is -0.385. The monoisotopic (exact) mass is 336 g/mol. The molecule has 0 heterocycles. The zero-order valence-corrected chi connectivity index (χ0v) is 13.4. The van der Waals surface area contributed by atoms with Gasteiger partial charge in [0.15, 0.2) is 0 Å². The normalized spacial score (nSPS) is 12.6. The molecule has 2 aromatic rings. The van der Waals surface area contributed by atoms with E-state index in [9.17, 15) is 18.5 Å². The quantitative estimate of drug-likeness (QED) is 0.646. The lowest BCUT2D eigenvalue weighted by atomic mass is 10.1. The van der Waals surface area contributed by atoms with Crippen molar-refractivity contribution in [1.29, 1.82) is 0 Å². The van der Waals surface area contributed by atoms with Gasteiger partial charge in [0.1, 0.15) is 5.75 Å². The van der Waals surface area contributed by atoms with Crippen molar-refractivity contribution in [3.8, 4) is 5.75 Å². The first-order valence-corrected chi connectivity index (χ1v) is 8.23. The molecule has 0 radical (unpaired) electrons.